The Balaban J connectivity index is 1.96. The minimum absolute atomic E-state index is 0.0424. The van der Waals surface area contributed by atoms with Crippen LogP contribution in [-0.4, -0.2) is 53.6 Å². The van der Waals surface area contributed by atoms with Gasteiger partial charge in [-0.1, -0.05) is 0 Å². The maximum Gasteiger partial charge on any atom is 0.317 e. The summed E-state index contributed by atoms with van der Waals surface area (Å²) < 4.78 is 0. The van der Waals surface area contributed by atoms with Crippen LogP contribution in [0.2, 0.25) is 0 Å². The van der Waals surface area contributed by atoms with Crippen LogP contribution in [0.5, 0.6) is 0 Å². The highest BCUT2D eigenvalue weighted by atomic mass is 16.4. The second-order valence-corrected chi connectivity index (χ2v) is 6.45. The minimum atomic E-state index is -0.897. The van der Waals surface area contributed by atoms with Crippen molar-refractivity contribution in [1.29, 1.82) is 0 Å². The van der Waals surface area contributed by atoms with Gasteiger partial charge in [-0.2, -0.15) is 0 Å². The molecule has 0 aromatic carbocycles. The zero-order valence-electron chi connectivity index (χ0n) is 12.6. The van der Waals surface area contributed by atoms with E-state index in [1.807, 2.05) is 6.92 Å². The number of carboxylic acid groups (broad SMARTS) is 1. The van der Waals surface area contributed by atoms with Crippen molar-refractivity contribution in [3.63, 3.8) is 0 Å². The van der Waals surface area contributed by atoms with Crippen LogP contribution in [-0.2, 0) is 9.59 Å². The molecular weight excluding hydrogens is 274 g/mol. The second kappa shape index (κ2) is 5.54. The molecule has 2 fully saturated rings. The summed E-state index contributed by atoms with van der Waals surface area (Å²) in [4.78, 5) is 36.7. The second-order valence-electron chi connectivity index (χ2n) is 6.45. The van der Waals surface area contributed by atoms with E-state index in [4.69, 9.17) is 5.11 Å². The lowest BCUT2D eigenvalue weighted by Crippen LogP contribution is -2.58. The largest absolute Gasteiger partial charge is 0.481 e. The third kappa shape index (κ3) is 3.11. The number of carboxylic acids is 1. The molecule has 3 amide bonds. The van der Waals surface area contributed by atoms with Crippen molar-refractivity contribution in [3.8, 4) is 0 Å². The smallest absolute Gasteiger partial charge is 0.317 e. The first-order valence-electron chi connectivity index (χ1n) is 7.31. The Kier molecular flexibility index (Phi) is 4.11. The summed E-state index contributed by atoms with van der Waals surface area (Å²) in [5.74, 6) is -0.965. The summed E-state index contributed by atoms with van der Waals surface area (Å²) in [6.45, 7) is 2.72. The highest BCUT2D eigenvalue weighted by molar-refractivity contribution is 5.84. The summed E-state index contributed by atoms with van der Waals surface area (Å²) >= 11 is 0. The predicted octanol–water partition coefficient (Wildman–Crippen LogP) is 0.551. The van der Waals surface area contributed by atoms with Gasteiger partial charge >= 0.3 is 12.0 Å². The number of nitrogens with zero attached hydrogens (tertiary/aromatic N) is 1. The van der Waals surface area contributed by atoms with Crippen molar-refractivity contribution < 1.29 is 19.5 Å². The van der Waals surface area contributed by atoms with E-state index >= 15 is 0 Å². The molecule has 1 heterocycles. The normalized spacial score (nSPS) is 26.9. The lowest BCUT2D eigenvalue weighted by atomic mass is 9.74. The fraction of sp³-hybridized carbons (Fsp3) is 0.786. The first kappa shape index (κ1) is 15.6. The van der Waals surface area contributed by atoms with Crippen LogP contribution in [0.1, 0.15) is 39.0 Å². The van der Waals surface area contributed by atoms with Crippen molar-refractivity contribution in [3.05, 3.63) is 0 Å². The summed E-state index contributed by atoms with van der Waals surface area (Å²) in [6.07, 6.45) is 2.91. The summed E-state index contributed by atoms with van der Waals surface area (Å²) in [7, 11) is 1.59. The SMILES string of the molecule is CNC(=O)C1(C)CCN(C(=O)NC2(CC(=O)O)CCC2)C1. The molecule has 0 radical (unpaired) electrons. The zero-order chi connectivity index (χ0) is 15.7. The molecule has 0 aromatic heterocycles. The molecule has 3 N–H and O–H groups in total. The number of carbonyl (C=O) groups is 3. The van der Waals surface area contributed by atoms with Crippen LogP contribution in [0, 0.1) is 5.41 Å². The standard InChI is InChI=1S/C14H23N3O4/c1-13(11(20)15-2)6-7-17(9-13)12(21)16-14(4-3-5-14)8-10(18)19/h3-9H2,1-2H3,(H,15,20)(H,16,21)(H,18,19). The van der Waals surface area contributed by atoms with Gasteiger partial charge in [-0.15, -0.1) is 0 Å². The number of carbonyl (C=O) groups excluding carboxylic acids is 2. The van der Waals surface area contributed by atoms with Gasteiger partial charge in [-0.05, 0) is 32.6 Å². The van der Waals surface area contributed by atoms with Gasteiger partial charge in [-0.25, -0.2) is 4.79 Å². The average Bonchev–Trinajstić information content (AvgIpc) is 2.78. The molecule has 1 aliphatic carbocycles. The molecule has 1 saturated heterocycles. The van der Waals surface area contributed by atoms with Crippen molar-refractivity contribution in [1.82, 2.24) is 15.5 Å². The van der Waals surface area contributed by atoms with Crippen molar-refractivity contribution in [2.45, 2.75) is 44.6 Å². The fourth-order valence-electron chi connectivity index (χ4n) is 3.17. The van der Waals surface area contributed by atoms with Gasteiger partial charge in [0, 0.05) is 20.1 Å². The number of likely N-dealkylation sites (tertiary alicyclic amines) is 1. The summed E-state index contributed by atoms with van der Waals surface area (Å²) in [6, 6.07) is -0.261. The van der Waals surface area contributed by atoms with Gasteiger partial charge in [0.1, 0.15) is 0 Å². The number of rotatable bonds is 4. The van der Waals surface area contributed by atoms with Crippen LogP contribution in [0.3, 0.4) is 0 Å². The van der Waals surface area contributed by atoms with Crippen LogP contribution in [0.4, 0.5) is 4.79 Å². The summed E-state index contributed by atoms with van der Waals surface area (Å²) in [5.41, 5.74) is -1.17. The molecular formula is C14H23N3O4. The van der Waals surface area contributed by atoms with Crippen LogP contribution in [0.25, 0.3) is 0 Å². The number of urea groups is 1. The minimum Gasteiger partial charge on any atom is -0.481 e. The highest BCUT2D eigenvalue weighted by Gasteiger charge is 2.45. The lowest BCUT2D eigenvalue weighted by Gasteiger charge is -2.42. The van der Waals surface area contributed by atoms with Crippen molar-refractivity contribution in [2.24, 2.45) is 5.41 Å². The van der Waals surface area contributed by atoms with Gasteiger partial charge in [0.25, 0.3) is 0 Å². The van der Waals surface area contributed by atoms with Crippen LogP contribution < -0.4 is 10.6 Å². The number of nitrogens with one attached hydrogen (secondary N) is 2. The molecule has 1 saturated carbocycles. The highest BCUT2D eigenvalue weighted by Crippen LogP contribution is 2.36. The van der Waals surface area contributed by atoms with Crippen LogP contribution in [0.15, 0.2) is 0 Å². The fourth-order valence-corrected chi connectivity index (χ4v) is 3.17. The quantitative estimate of drug-likeness (QED) is 0.705. The molecule has 0 spiro atoms. The van der Waals surface area contributed by atoms with E-state index in [1.54, 1.807) is 11.9 Å². The number of hydrogen-bond acceptors (Lipinski definition) is 3. The number of amides is 3. The van der Waals surface area contributed by atoms with Crippen molar-refractivity contribution in [2.75, 3.05) is 20.1 Å². The molecule has 1 unspecified atom stereocenters. The molecule has 2 rings (SSSR count). The number of hydrogen-bond donors (Lipinski definition) is 3. The third-order valence-electron chi connectivity index (χ3n) is 4.71. The van der Waals surface area contributed by atoms with E-state index < -0.39 is 16.9 Å². The molecule has 2 aliphatic rings. The number of aliphatic carboxylic acids is 1. The molecule has 0 bridgehead atoms. The van der Waals surface area contributed by atoms with Gasteiger partial charge in [-0.3, -0.25) is 9.59 Å². The predicted molar refractivity (Wildman–Crippen MR) is 75.7 cm³/mol. The summed E-state index contributed by atoms with van der Waals surface area (Å²) in [5, 5.41) is 14.5. The maximum absolute atomic E-state index is 12.3. The zero-order valence-corrected chi connectivity index (χ0v) is 12.6. The maximum atomic E-state index is 12.3. The Labute approximate surface area is 124 Å². The van der Waals surface area contributed by atoms with E-state index in [0.29, 0.717) is 32.4 Å². The van der Waals surface area contributed by atoms with Crippen molar-refractivity contribution >= 4 is 17.9 Å². The van der Waals surface area contributed by atoms with E-state index in [-0.39, 0.29) is 18.4 Å². The first-order chi connectivity index (χ1) is 9.80. The van der Waals surface area contributed by atoms with E-state index in [2.05, 4.69) is 10.6 Å². The monoisotopic (exact) mass is 297 g/mol. The van der Waals surface area contributed by atoms with Gasteiger partial charge in [0.2, 0.25) is 5.91 Å². The Hall–Kier alpha value is -1.79. The Bertz CT molecular complexity index is 461. The molecule has 21 heavy (non-hydrogen) atoms. The lowest BCUT2D eigenvalue weighted by molar-refractivity contribution is -0.139. The Morgan fingerprint density at radius 3 is 2.38 bits per heavy atom. The van der Waals surface area contributed by atoms with Gasteiger partial charge in [0.05, 0.1) is 17.4 Å². The van der Waals surface area contributed by atoms with Gasteiger partial charge < -0.3 is 20.6 Å². The third-order valence-corrected chi connectivity index (χ3v) is 4.71. The topological polar surface area (TPSA) is 98.7 Å². The molecule has 0 aromatic rings. The molecule has 7 heteroatoms. The Morgan fingerprint density at radius 2 is 1.90 bits per heavy atom. The van der Waals surface area contributed by atoms with E-state index in [0.717, 1.165) is 6.42 Å². The Morgan fingerprint density at radius 1 is 1.24 bits per heavy atom. The van der Waals surface area contributed by atoms with Gasteiger partial charge in [0.15, 0.2) is 0 Å². The van der Waals surface area contributed by atoms with E-state index in [9.17, 15) is 14.4 Å². The molecule has 1 aliphatic heterocycles. The molecule has 7 nitrogen and oxygen atoms in total. The van der Waals surface area contributed by atoms with Crippen LogP contribution >= 0.6 is 0 Å². The van der Waals surface area contributed by atoms with E-state index in [1.165, 1.54) is 0 Å². The molecule has 1 atom stereocenters. The molecule has 118 valence electrons. The average molecular weight is 297 g/mol. The first-order valence-corrected chi connectivity index (χ1v) is 7.31.